The second-order valence-electron chi connectivity index (χ2n) is 5.96. The van der Waals surface area contributed by atoms with Crippen LogP contribution in [-0.4, -0.2) is 37.5 Å². The van der Waals surface area contributed by atoms with Gasteiger partial charge in [-0.1, -0.05) is 23.7 Å². The fourth-order valence-corrected chi connectivity index (χ4v) is 3.35. The molecule has 3 rings (SSSR count). The highest BCUT2D eigenvalue weighted by molar-refractivity contribution is 6.33. The van der Waals surface area contributed by atoms with Gasteiger partial charge < -0.3 is 14.6 Å². The first-order valence-corrected chi connectivity index (χ1v) is 8.35. The van der Waals surface area contributed by atoms with Crippen LogP contribution < -0.4 is 5.32 Å². The van der Waals surface area contributed by atoms with Crippen LogP contribution in [0.3, 0.4) is 0 Å². The van der Waals surface area contributed by atoms with E-state index in [0.717, 1.165) is 38.0 Å². The van der Waals surface area contributed by atoms with E-state index in [1.54, 1.807) is 6.07 Å². The topological polar surface area (TPSA) is 45.5 Å². The van der Waals surface area contributed by atoms with Crippen molar-refractivity contribution in [3.63, 3.8) is 0 Å². The Balaban J connectivity index is 1.75. The number of nitrogens with zero attached hydrogens (tertiary/aromatic N) is 1. The summed E-state index contributed by atoms with van der Waals surface area (Å²) in [6.45, 7) is 2.51. The van der Waals surface area contributed by atoms with Crippen molar-refractivity contribution in [1.29, 1.82) is 0 Å². The summed E-state index contributed by atoms with van der Waals surface area (Å²) in [6, 6.07) is 11.0. The highest BCUT2D eigenvalue weighted by Crippen LogP contribution is 2.29. The third-order valence-electron chi connectivity index (χ3n) is 4.26. The molecule has 4 nitrogen and oxygen atoms in total. The normalized spacial score (nSPS) is 18.2. The zero-order valence-corrected chi connectivity index (χ0v) is 14.0. The third-order valence-corrected chi connectivity index (χ3v) is 4.58. The first-order chi connectivity index (χ1) is 11.2. The van der Waals surface area contributed by atoms with Crippen molar-refractivity contribution in [2.45, 2.75) is 12.8 Å². The van der Waals surface area contributed by atoms with Crippen molar-refractivity contribution in [1.82, 2.24) is 10.2 Å². The number of amides is 1. The van der Waals surface area contributed by atoms with Crippen LogP contribution in [0.4, 0.5) is 0 Å². The average Bonchev–Trinajstić information content (AvgIpc) is 3.05. The van der Waals surface area contributed by atoms with Crippen LogP contribution in [0.2, 0.25) is 5.02 Å². The summed E-state index contributed by atoms with van der Waals surface area (Å²) in [5, 5.41) is 3.81. The van der Waals surface area contributed by atoms with E-state index in [-0.39, 0.29) is 5.91 Å². The molecule has 1 aromatic heterocycles. The minimum atomic E-state index is -0.0379. The Hall–Kier alpha value is -1.78. The van der Waals surface area contributed by atoms with Gasteiger partial charge in [-0.15, -0.1) is 0 Å². The van der Waals surface area contributed by atoms with Gasteiger partial charge in [0.05, 0.1) is 5.02 Å². The molecule has 0 aliphatic carbocycles. The van der Waals surface area contributed by atoms with E-state index in [2.05, 4.69) is 5.32 Å². The van der Waals surface area contributed by atoms with E-state index in [1.165, 1.54) is 0 Å². The summed E-state index contributed by atoms with van der Waals surface area (Å²) in [7, 11) is 1.95. The monoisotopic (exact) mass is 332 g/mol. The van der Waals surface area contributed by atoms with Gasteiger partial charge >= 0.3 is 0 Å². The number of carbonyl (C=O) groups is 1. The second kappa shape index (κ2) is 7.20. The van der Waals surface area contributed by atoms with Crippen molar-refractivity contribution in [3.8, 4) is 11.3 Å². The largest absolute Gasteiger partial charge is 0.451 e. The highest BCUT2D eigenvalue weighted by Gasteiger charge is 2.26. The van der Waals surface area contributed by atoms with Gasteiger partial charge in [-0.2, -0.15) is 0 Å². The van der Waals surface area contributed by atoms with E-state index >= 15 is 0 Å². The molecular formula is C18H21ClN2O2. The number of benzene rings is 1. The molecule has 1 unspecified atom stereocenters. The lowest BCUT2D eigenvalue weighted by atomic mass is 9.98. The van der Waals surface area contributed by atoms with Gasteiger partial charge in [0.2, 0.25) is 0 Å². The van der Waals surface area contributed by atoms with E-state index in [1.807, 2.05) is 42.3 Å². The summed E-state index contributed by atoms with van der Waals surface area (Å²) in [6.07, 6.45) is 2.20. The summed E-state index contributed by atoms with van der Waals surface area (Å²) in [5.74, 6) is 1.48. The van der Waals surface area contributed by atoms with Crippen molar-refractivity contribution in [2.75, 3.05) is 26.7 Å². The van der Waals surface area contributed by atoms with Crippen molar-refractivity contribution in [3.05, 3.63) is 47.2 Å². The fraction of sp³-hybridized carbons (Fsp3) is 0.389. The molecule has 2 aromatic rings. The molecule has 2 heterocycles. The van der Waals surface area contributed by atoms with Crippen LogP contribution in [-0.2, 0) is 0 Å². The van der Waals surface area contributed by atoms with Gasteiger partial charge in [0, 0.05) is 18.7 Å². The standard InChI is InChI=1S/C18H21ClN2O2/c1-20-11-13-5-4-10-21(12-13)18(22)17-9-8-16(23-17)14-6-2-3-7-15(14)19/h2-3,6-9,13,20H,4-5,10-12H2,1H3. The Labute approximate surface area is 141 Å². The van der Waals surface area contributed by atoms with Gasteiger partial charge in [-0.25, -0.2) is 0 Å². The number of rotatable bonds is 4. The maximum atomic E-state index is 12.7. The zero-order valence-electron chi connectivity index (χ0n) is 13.2. The number of halogens is 1. The second-order valence-corrected chi connectivity index (χ2v) is 6.37. The number of furan rings is 1. The molecular weight excluding hydrogens is 312 g/mol. The number of carbonyl (C=O) groups excluding carboxylic acids is 1. The van der Waals surface area contributed by atoms with Gasteiger partial charge in [-0.3, -0.25) is 4.79 Å². The summed E-state index contributed by atoms with van der Waals surface area (Å²) in [4.78, 5) is 14.5. The van der Waals surface area contributed by atoms with Gasteiger partial charge in [0.15, 0.2) is 5.76 Å². The Kier molecular flexibility index (Phi) is 5.03. The quantitative estimate of drug-likeness (QED) is 0.929. The van der Waals surface area contributed by atoms with Crippen molar-refractivity contribution >= 4 is 17.5 Å². The zero-order chi connectivity index (χ0) is 16.2. The van der Waals surface area contributed by atoms with E-state index in [0.29, 0.717) is 22.5 Å². The summed E-state index contributed by atoms with van der Waals surface area (Å²) < 4.78 is 5.77. The van der Waals surface area contributed by atoms with Crippen LogP contribution >= 0.6 is 11.6 Å². The molecule has 23 heavy (non-hydrogen) atoms. The van der Waals surface area contributed by atoms with Crippen LogP contribution in [0, 0.1) is 5.92 Å². The Morgan fingerprint density at radius 2 is 2.17 bits per heavy atom. The Morgan fingerprint density at radius 3 is 2.96 bits per heavy atom. The van der Waals surface area contributed by atoms with Gasteiger partial charge in [-0.05, 0) is 56.6 Å². The summed E-state index contributed by atoms with van der Waals surface area (Å²) in [5.41, 5.74) is 0.805. The van der Waals surface area contributed by atoms with Crippen LogP contribution in [0.25, 0.3) is 11.3 Å². The van der Waals surface area contributed by atoms with Crippen molar-refractivity contribution < 1.29 is 9.21 Å². The molecule has 0 saturated carbocycles. The molecule has 1 aliphatic rings. The Bertz CT molecular complexity index is 681. The van der Waals surface area contributed by atoms with Crippen molar-refractivity contribution in [2.24, 2.45) is 5.92 Å². The van der Waals surface area contributed by atoms with E-state index in [9.17, 15) is 4.79 Å². The fourth-order valence-electron chi connectivity index (χ4n) is 3.12. The van der Waals surface area contributed by atoms with E-state index < -0.39 is 0 Å². The highest BCUT2D eigenvalue weighted by atomic mass is 35.5. The summed E-state index contributed by atoms with van der Waals surface area (Å²) >= 11 is 6.19. The maximum absolute atomic E-state index is 12.7. The van der Waals surface area contributed by atoms with E-state index in [4.69, 9.17) is 16.0 Å². The molecule has 0 bridgehead atoms. The lowest BCUT2D eigenvalue weighted by Crippen LogP contribution is -2.42. The third kappa shape index (κ3) is 3.59. The molecule has 1 saturated heterocycles. The van der Waals surface area contributed by atoms with Gasteiger partial charge in [0.25, 0.3) is 5.91 Å². The molecule has 1 aromatic carbocycles. The van der Waals surface area contributed by atoms with Crippen LogP contribution in [0.15, 0.2) is 40.8 Å². The number of hydrogen-bond donors (Lipinski definition) is 1. The number of likely N-dealkylation sites (tertiary alicyclic amines) is 1. The average molecular weight is 333 g/mol. The number of nitrogens with one attached hydrogen (secondary N) is 1. The molecule has 1 atom stereocenters. The molecule has 5 heteroatoms. The van der Waals surface area contributed by atoms with Crippen LogP contribution in [0.5, 0.6) is 0 Å². The molecule has 1 aliphatic heterocycles. The maximum Gasteiger partial charge on any atom is 0.289 e. The first kappa shape index (κ1) is 16.1. The minimum absolute atomic E-state index is 0.0379. The van der Waals surface area contributed by atoms with Gasteiger partial charge in [0.1, 0.15) is 5.76 Å². The molecule has 1 fully saturated rings. The molecule has 1 amide bonds. The number of piperidine rings is 1. The number of hydrogen-bond acceptors (Lipinski definition) is 3. The lowest BCUT2D eigenvalue weighted by Gasteiger charge is -2.32. The molecule has 0 spiro atoms. The Morgan fingerprint density at radius 1 is 1.35 bits per heavy atom. The minimum Gasteiger partial charge on any atom is -0.451 e. The molecule has 122 valence electrons. The predicted molar refractivity (Wildman–Crippen MR) is 91.7 cm³/mol. The smallest absolute Gasteiger partial charge is 0.289 e. The predicted octanol–water partition coefficient (Wildman–Crippen LogP) is 3.67. The molecule has 0 radical (unpaired) electrons. The van der Waals surface area contributed by atoms with Crippen LogP contribution in [0.1, 0.15) is 23.4 Å². The lowest BCUT2D eigenvalue weighted by molar-refractivity contribution is 0.0643. The first-order valence-electron chi connectivity index (χ1n) is 7.97. The SMILES string of the molecule is CNCC1CCCN(C(=O)c2ccc(-c3ccccc3Cl)o2)C1. The molecule has 1 N–H and O–H groups in total.